The van der Waals surface area contributed by atoms with E-state index in [1.807, 2.05) is 18.2 Å². The highest BCUT2D eigenvalue weighted by atomic mass is 16.6. The zero-order chi connectivity index (χ0) is 17.8. The lowest BCUT2D eigenvalue weighted by Gasteiger charge is -2.31. The van der Waals surface area contributed by atoms with Gasteiger partial charge in [0.05, 0.1) is 25.8 Å². The smallest absolute Gasteiger partial charge is 0.336 e. The second kappa shape index (κ2) is 7.57. The van der Waals surface area contributed by atoms with Gasteiger partial charge in [0, 0.05) is 25.0 Å². The van der Waals surface area contributed by atoms with Crippen molar-refractivity contribution in [1.29, 1.82) is 0 Å². The minimum absolute atomic E-state index is 0.187. The third-order valence-electron chi connectivity index (χ3n) is 4.31. The fourth-order valence-electron chi connectivity index (χ4n) is 3.01. The number of hydrogen-bond acceptors (Lipinski definition) is 4. The lowest BCUT2D eigenvalue weighted by molar-refractivity contribution is -0.158. The maximum Gasteiger partial charge on any atom is 0.336 e. The molecule has 0 radical (unpaired) electrons. The van der Waals surface area contributed by atoms with Crippen LogP contribution >= 0.6 is 0 Å². The van der Waals surface area contributed by atoms with Crippen molar-refractivity contribution in [2.45, 2.75) is 26.0 Å². The number of rotatable bonds is 4. The number of hydrogen-bond donors (Lipinski definition) is 1. The zero-order valence-electron chi connectivity index (χ0n) is 14.5. The molecular formula is C18H23N3O4. The monoisotopic (exact) mass is 345 g/mol. The van der Waals surface area contributed by atoms with Crippen LogP contribution in [0.25, 0.3) is 10.9 Å². The predicted octanol–water partition coefficient (Wildman–Crippen LogP) is 2.46. The number of aryl methyl sites for hydroxylation is 1. The first-order valence-electron chi connectivity index (χ1n) is 8.46. The number of carbonyl (C=O) groups excluding carboxylic acids is 2. The van der Waals surface area contributed by atoms with Gasteiger partial charge in [0.1, 0.15) is 0 Å². The fourth-order valence-corrected chi connectivity index (χ4v) is 3.01. The third-order valence-corrected chi connectivity index (χ3v) is 4.31. The molecule has 7 heteroatoms. The number of fused-ring (bicyclic) bond motifs is 1. The molecule has 134 valence electrons. The highest BCUT2D eigenvalue weighted by Gasteiger charge is 2.30. The Balaban J connectivity index is 1.71. The maximum atomic E-state index is 12.5. The second-order valence-electron chi connectivity index (χ2n) is 6.04. The molecule has 1 fully saturated rings. The highest BCUT2D eigenvalue weighted by Crippen LogP contribution is 2.21. The molecule has 1 aliphatic heterocycles. The van der Waals surface area contributed by atoms with Crippen LogP contribution in [0.3, 0.4) is 0 Å². The number of nitrogens with zero attached hydrogens (tertiary/aromatic N) is 2. The molecule has 0 bridgehead atoms. The molecule has 2 aromatic rings. The third kappa shape index (κ3) is 3.76. The normalized spacial score (nSPS) is 17.5. The molecule has 0 aliphatic carbocycles. The number of amides is 2. The van der Waals surface area contributed by atoms with Gasteiger partial charge in [-0.25, -0.2) is 9.59 Å². The number of nitrogens with one attached hydrogen (secondary N) is 1. The summed E-state index contributed by atoms with van der Waals surface area (Å²) in [5, 5.41) is 4.05. The predicted molar refractivity (Wildman–Crippen MR) is 94.6 cm³/mol. The van der Waals surface area contributed by atoms with Gasteiger partial charge in [-0.15, -0.1) is 0 Å². The Labute approximate surface area is 146 Å². The summed E-state index contributed by atoms with van der Waals surface area (Å²) in [7, 11) is 1.31. The molecule has 1 N–H and O–H groups in total. The first kappa shape index (κ1) is 17.3. The van der Waals surface area contributed by atoms with Gasteiger partial charge in [-0.3, -0.25) is 0 Å². The van der Waals surface area contributed by atoms with Crippen LogP contribution in [0.4, 0.5) is 10.5 Å². The number of morpholine rings is 1. The summed E-state index contributed by atoms with van der Waals surface area (Å²) in [5.41, 5.74) is 1.82. The van der Waals surface area contributed by atoms with Gasteiger partial charge in [-0.2, -0.15) is 0 Å². The van der Waals surface area contributed by atoms with Crippen LogP contribution in [0, 0.1) is 0 Å². The van der Waals surface area contributed by atoms with E-state index in [1.165, 1.54) is 7.11 Å². The first-order valence-corrected chi connectivity index (χ1v) is 8.46. The summed E-state index contributed by atoms with van der Waals surface area (Å²) in [6.45, 7) is 4.01. The Hall–Kier alpha value is -2.54. The summed E-state index contributed by atoms with van der Waals surface area (Å²) in [6, 6.07) is 7.67. The topological polar surface area (TPSA) is 72.8 Å². The molecule has 3 rings (SSSR count). The van der Waals surface area contributed by atoms with Gasteiger partial charge in [0.25, 0.3) is 0 Å². The zero-order valence-corrected chi connectivity index (χ0v) is 14.5. The molecule has 1 aromatic heterocycles. The molecule has 0 spiro atoms. The molecule has 7 nitrogen and oxygen atoms in total. The number of anilines is 1. The van der Waals surface area contributed by atoms with Crippen molar-refractivity contribution in [2.24, 2.45) is 0 Å². The first-order chi connectivity index (χ1) is 12.1. The second-order valence-corrected chi connectivity index (χ2v) is 6.04. The van der Waals surface area contributed by atoms with E-state index in [0.29, 0.717) is 13.2 Å². The Morgan fingerprint density at radius 2 is 2.20 bits per heavy atom. The Morgan fingerprint density at radius 1 is 1.36 bits per heavy atom. The Bertz CT molecular complexity index is 771. The molecule has 1 unspecified atom stereocenters. The minimum atomic E-state index is -0.728. The van der Waals surface area contributed by atoms with Crippen LogP contribution in [-0.2, 0) is 20.8 Å². The van der Waals surface area contributed by atoms with Crippen LogP contribution in [0.5, 0.6) is 0 Å². The van der Waals surface area contributed by atoms with Crippen molar-refractivity contribution in [3.63, 3.8) is 0 Å². The van der Waals surface area contributed by atoms with Gasteiger partial charge in [0.15, 0.2) is 6.10 Å². The Morgan fingerprint density at radius 3 is 2.96 bits per heavy atom. The number of benzene rings is 1. The SMILES string of the molecule is CCCn1ccc2ccc(NC(=O)N3CCOC(C(=O)OC)C3)cc21. The highest BCUT2D eigenvalue weighted by molar-refractivity contribution is 5.93. The standard InChI is InChI=1S/C18H23N3O4/c1-3-7-20-8-6-13-4-5-14(11-15(13)20)19-18(23)21-9-10-25-16(12-21)17(22)24-2/h4-6,8,11,16H,3,7,9-10,12H2,1-2H3,(H,19,23). The van der Waals surface area contributed by atoms with E-state index in [-0.39, 0.29) is 12.6 Å². The molecule has 0 saturated carbocycles. The molecule has 1 saturated heterocycles. The van der Waals surface area contributed by atoms with E-state index in [1.54, 1.807) is 4.90 Å². The molecule has 1 aromatic carbocycles. The lowest BCUT2D eigenvalue weighted by atomic mass is 10.2. The lowest BCUT2D eigenvalue weighted by Crippen LogP contribution is -2.50. The molecule has 2 heterocycles. The number of esters is 1. The number of aromatic nitrogens is 1. The largest absolute Gasteiger partial charge is 0.467 e. The molecule has 25 heavy (non-hydrogen) atoms. The van der Waals surface area contributed by atoms with Gasteiger partial charge in [-0.05, 0) is 30.0 Å². The quantitative estimate of drug-likeness (QED) is 0.864. The van der Waals surface area contributed by atoms with Crippen LogP contribution in [0.1, 0.15) is 13.3 Å². The van der Waals surface area contributed by atoms with Gasteiger partial charge in [0.2, 0.25) is 0 Å². The average Bonchev–Trinajstić information content (AvgIpc) is 3.04. The number of carbonyl (C=O) groups is 2. The van der Waals surface area contributed by atoms with Gasteiger partial charge in [-0.1, -0.05) is 13.0 Å². The van der Waals surface area contributed by atoms with Crippen molar-refractivity contribution < 1.29 is 19.1 Å². The van der Waals surface area contributed by atoms with E-state index in [4.69, 9.17) is 4.74 Å². The Kier molecular flexibility index (Phi) is 5.23. The average molecular weight is 345 g/mol. The van der Waals surface area contributed by atoms with Crippen LogP contribution < -0.4 is 5.32 Å². The van der Waals surface area contributed by atoms with E-state index in [9.17, 15) is 9.59 Å². The van der Waals surface area contributed by atoms with Crippen molar-refractivity contribution in [3.05, 3.63) is 30.5 Å². The van der Waals surface area contributed by atoms with E-state index in [0.717, 1.165) is 29.6 Å². The maximum absolute atomic E-state index is 12.5. The van der Waals surface area contributed by atoms with Crippen molar-refractivity contribution in [1.82, 2.24) is 9.47 Å². The molecule has 1 atom stereocenters. The van der Waals surface area contributed by atoms with Crippen LogP contribution in [-0.4, -0.2) is 54.4 Å². The number of methoxy groups -OCH3 is 1. The minimum Gasteiger partial charge on any atom is -0.467 e. The summed E-state index contributed by atoms with van der Waals surface area (Å²) < 4.78 is 12.2. The van der Waals surface area contributed by atoms with Crippen molar-refractivity contribution >= 4 is 28.6 Å². The summed E-state index contributed by atoms with van der Waals surface area (Å²) >= 11 is 0. The summed E-state index contributed by atoms with van der Waals surface area (Å²) in [4.78, 5) is 25.7. The van der Waals surface area contributed by atoms with E-state index >= 15 is 0 Å². The van der Waals surface area contributed by atoms with Crippen molar-refractivity contribution in [2.75, 3.05) is 32.1 Å². The van der Waals surface area contributed by atoms with Crippen LogP contribution in [0.2, 0.25) is 0 Å². The summed E-state index contributed by atoms with van der Waals surface area (Å²) in [5.74, 6) is -0.462. The van der Waals surface area contributed by atoms with E-state index < -0.39 is 12.1 Å². The summed E-state index contributed by atoms with van der Waals surface area (Å²) in [6.07, 6.45) is 2.37. The van der Waals surface area contributed by atoms with Gasteiger partial charge < -0.3 is 24.3 Å². The number of urea groups is 1. The van der Waals surface area contributed by atoms with E-state index in [2.05, 4.69) is 33.8 Å². The van der Waals surface area contributed by atoms with Crippen molar-refractivity contribution in [3.8, 4) is 0 Å². The number of ether oxygens (including phenoxy) is 2. The fraction of sp³-hybridized carbons (Fsp3) is 0.444. The molecular weight excluding hydrogens is 322 g/mol. The molecule has 1 aliphatic rings. The molecule has 2 amide bonds. The van der Waals surface area contributed by atoms with Gasteiger partial charge >= 0.3 is 12.0 Å². The van der Waals surface area contributed by atoms with Crippen LogP contribution in [0.15, 0.2) is 30.5 Å².